The van der Waals surface area contributed by atoms with Crippen LogP contribution in [-0.4, -0.2) is 38.5 Å². The van der Waals surface area contributed by atoms with Crippen molar-refractivity contribution in [3.8, 4) is 11.3 Å². The lowest BCUT2D eigenvalue weighted by atomic mass is 10.1. The Morgan fingerprint density at radius 2 is 1.68 bits per heavy atom. The van der Waals surface area contributed by atoms with Gasteiger partial charge in [0, 0.05) is 18.7 Å². The van der Waals surface area contributed by atoms with Gasteiger partial charge in [0.25, 0.3) is 0 Å². The quantitative estimate of drug-likeness (QED) is 0.543. The molecule has 2 aromatic heterocycles. The summed E-state index contributed by atoms with van der Waals surface area (Å²) in [5, 5.41) is 4.64. The van der Waals surface area contributed by atoms with E-state index in [0.717, 1.165) is 67.1 Å². The molecule has 0 spiro atoms. The van der Waals surface area contributed by atoms with Gasteiger partial charge in [0.15, 0.2) is 5.65 Å². The summed E-state index contributed by atoms with van der Waals surface area (Å²) in [5.74, 6) is 0.157. The van der Waals surface area contributed by atoms with Crippen LogP contribution >= 0.6 is 0 Å². The molecular formula is C23H30N4O. The van der Waals surface area contributed by atoms with Crippen molar-refractivity contribution in [1.29, 1.82) is 0 Å². The molecule has 0 unspecified atom stereocenters. The van der Waals surface area contributed by atoms with Gasteiger partial charge >= 0.3 is 0 Å². The normalized spacial score (nSPS) is 11.1. The Kier molecular flexibility index (Phi) is 6.80. The van der Waals surface area contributed by atoms with Crippen LogP contribution in [0.5, 0.6) is 0 Å². The number of hydrogen-bond acceptors (Lipinski definition) is 3. The van der Waals surface area contributed by atoms with Crippen LogP contribution < -0.4 is 0 Å². The number of benzene rings is 1. The minimum atomic E-state index is 0.157. The largest absolute Gasteiger partial charge is 0.342 e. The third-order valence-corrected chi connectivity index (χ3v) is 4.99. The van der Waals surface area contributed by atoms with E-state index in [1.54, 1.807) is 0 Å². The Balaban J connectivity index is 1.98. The van der Waals surface area contributed by atoms with E-state index in [4.69, 9.17) is 4.98 Å². The summed E-state index contributed by atoms with van der Waals surface area (Å²) in [6.45, 7) is 7.92. The summed E-state index contributed by atoms with van der Waals surface area (Å²) in [6.07, 6.45) is 4.55. The fourth-order valence-electron chi connectivity index (χ4n) is 3.37. The zero-order chi connectivity index (χ0) is 19.9. The molecule has 0 N–H and O–H groups in total. The van der Waals surface area contributed by atoms with Crippen molar-refractivity contribution in [3.63, 3.8) is 0 Å². The summed E-state index contributed by atoms with van der Waals surface area (Å²) < 4.78 is 1.84. The average Bonchev–Trinajstić information content (AvgIpc) is 3.06. The van der Waals surface area contributed by atoms with E-state index in [1.165, 1.54) is 0 Å². The molecule has 0 aliphatic carbocycles. The second-order valence-electron chi connectivity index (χ2n) is 7.28. The van der Waals surface area contributed by atoms with Gasteiger partial charge in [-0.05, 0) is 31.9 Å². The standard InChI is InChI=1S/C23H30N4O/c1-4-6-15-26(16-7-5-2)22(28)17-20-23(19-11-9-8-10-12-19)24-21-14-13-18(3)25-27(20)21/h8-14H,4-7,15-17H2,1-3H3. The van der Waals surface area contributed by atoms with Crippen LogP contribution in [0.4, 0.5) is 0 Å². The number of carbonyl (C=O) groups excluding carboxylic acids is 1. The van der Waals surface area contributed by atoms with Crippen LogP contribution in [0.3, 0.4) is 0 Å². The fraction of sp³-hybridized carbons (Fsp3) is 0.435. The summed E-state index contributed by atoms with van der Waals surface area (Å²) in [7, 11) is 0. The van der Waals surface area contributed by atoms with Crippen molar-refractivity contribution in [2.45, 2.75) is 52.9 Å². The summed E-state index contributed by atoms with van der Waals surface area (Å²) >= 11 is 0. The van der Waals surface area contributed by atoms with Crippen LogP contribution in [0.1, 0.15) is 50.9 Å². The third kappa shape index (κ3) is 4.58. The van der Waals surface area contributed by atoms with E-state index in [9.17, 15) is 4.79 Å². The summed E-state index contributed by atoms with van der Waals surface area (Å²) in [6, 6.07) is 14.0. The number of aromatic nitrogens is 3. The highest BCUT2D eigenvalue weighted by Crippen LogP contribution is 2.25. The molecule has 0 fully saturated rings. The number of nitrogens with zero attached hydrogens (tertiary/aromatic N) is 4. The van der Waals surface area contributed by atoms with Gasteiger partial charge in [-0.2, -0.15) is 5.10 Å². The first kappa shape index (κ1) is 20.1. The summed E-state index contributed by atoms with van der Waals surface area (Å²) in [4.78, 5) is 20.0. The second-order valence-corrected chi connectivity index (χ2v) is 7.28. The fourth-order valence-corrected chi connectivity index (χ4v) is 3.37. The molecule has 1 amide bonds. The van der Waals surface area contributed by atoms with Crippen molar-refractivity contribution < 1.29 is 4.79 Å². The number of carbonyl (C=O) groups is 1. The Hall–Kier alpha value is -2.69. The molecule has 1 aromatic carbocycles. The van der Waals surface area contributed by atoms with Crippen molar-refractivity contribution in [2.24, 2.45) is 0 Å². The van der Waals surface area contributed by atoms with E-state index in [1.807, 2.05) is 58.8 Å². The molecule has 5 nitrogen and oxygen atoms in total. The number of aryl methyl sites for hydroxylation is 1. The predicted molar refractivity (Wildman–Crippen MR) is 113 cm³/mol. The van der Waals surface area contributed by atoms with Gasteiger partial charge in [0.2, 0.25) is 5.91 Å². The first-order valence-corrected chi connectivity index (χ1v) is 10.3. The van der Waals surface area contributed by atoms with Crippen LogP contribution in [0, 0.1) is 6.92 Å². The van der Waals surface area contributed by atoms with Crippen LogP contribution in [0.2, 0.25) is 0 Å². The highest BCUT2D eigenvalue weighted by Gasteiger charge is 2.21. The lowest BCUT2D eigenvalue weighted by molar-refractivity contribution is -0.130. The molecule has 3 aromatic rings. The average molecular weight is 379 g/mol. The van der Waals surface area contributed by atoms with Gasteiger partial charge in [0.05, 0.1) is 23.5 Å². The molecule has 0 saturated heterocycles. The number of imidazole rings is 1. The minimum absolute atomic E-state index is 0.157. The zero-order valence-electron chi connectivity index (χ0n) is 17.2. The SMILES string of the molecule is CCCCN(CCCC)C(=O)Cc1c(-c2ccccc2)nc2ccc(C)nn12. The summed E-state index contributed by atoms with van der Waals surface area (Å²) in [5.41, 5.74) is 4.42. The maximum absolute atomic E-state index is 13.2. The van der Waals surface area contributed by atoms with Gasteiger partial charge in [-0.25, -0.2) is 9.50 Å². The predicted octanol–water partition coefficient (Wildman–Crippen LogP) is 4.68. The number of hydrogen-bond donors (Lipinski definition) is 0. The van der Waals surface area contributed by atoms with Crippen LogP contribution in [-0.2, 0) is 11.2 Å². The molecule has 148 valence electrons. The molecule has 0 atom stereocenters. The molecule has 2 heterocycles. The van der Waals surface area contributed by atoms with Gasteiger partial charge < -0.3 is 4.90 Å². The molecular weight excluding hydrogens is 348 g/mol. The topological polar surface area (TPSA) is 50.5 Å². The maximum atomic E-state index is 13.2. The highest BCUT2D eigenvalue weighted by atomic mass is 16.2. The number of fused-ring (bicyclic) bond motifs is 1. The van der Waals surface area contributed by atoms with Crippen molar-refractivity contribution in [1.82, 2.24) is 19.5 Å². The minimum Gasteiger partial charge on any atom is -0.342 e. The number of unbranched alkanes of at least 4 members (excludes halogenated alkanes) is 2. The second kappa shape index (κ2) is 9.49. The van der Waals surface area contributed by atoms with Gasteiger partial charge in [-0.15, -0.1) is 0 Å². The number of amides is 1. The van der Waals surface area contributed by atoms with Gasteiger partial charge in [0.1, 0.15) is 0 Å². The number of rotatable bonds is 9. The molecule has 0 bridgehead atoms. The molecule has 0 aliphatic rings. The third-order valence-electron chi connectivity index (χ3n) is 4.99. The van der Waals surface area contributed by atoms with Crippen molar-refractivity contribution >= 4 is 11.6 Å². The molecule has 0 aliphatic heterocycles. The lowest BCUT2D eigenvalue weighted by Crippen LogP contribution is -2.34. The Bertz CT molecular complexity index is 909. The Morgan fingerprint density at radius 1 is 1.00 bits per heavy atom. The van der Waals surface area contributed by atoms with E-state index >= 15 is 0 Å². The van der Waals surface area contributed by atoms with Crippen LogP contribution in [0.15, 0.2) is 42.5 Å². The van der Waals surface area contributed by atoms with Gasteiger partial charge in [-0.1, -0.05) is 57.0 Å². The van der Waals surface area contributed by atoms with E-state index in [-0.39, 0.29) is 5.91 Å². The Labute approximate surface area is 167 Å². The zero-order valence-corrected chi connectivity index (χ0v) is 17.2. The van der Waals surface area contributed by atoms with E-state index in [2.05, 4.69) is 18.9 Å². The smallest absolute Gasteiger partial charge is 0.228 e. The highest BCUT2D eigenvalue weighted by molar-refractivity contribution is 5.81. The van der Waals surface area contributed by atoms with Crippen molar-refractivity contribution in [2.75, 3.05) is 13.1 Å². The lowest BCUT2D eigenvalue weighted by Gasteiger charge is -2.22. The van der Waals surface area contributed by atoms with Crippen LogP contribution in [0.25, 0.3) is 16.9 Å². The van der Waals surface area contributed by atoms with Crippen molar-refractivity contribution in [3.05, 3.63) is 53.9 Å². The first-order valence-electron chi connectivity index (χ1n) is 10.3. The molecule has 0 saturated carbocycles. The maximum Gasteiger partial charge on any atom is 0.228 e. The molecule has 0 radical (unpaired) electrons. The molecule has 5 heteroatoms. The first-order chi connectivity index (χ1) is 13.6. The Morgan fingerprint density at radius 3 is 2.32 bits per heavy atom. The monoisotopic (exact) mass is 378 g/mol. The van der Waals surface area contributed by atoms with Gasteiger partial charge in [-0.3, -0.25) is 4.79 Å². The van der Waals surface area contributed by atoms with E-state index in [0.29, 0.717) is 6.42 Å². The molecule has 28 heavy (non-hydrogen) atoms. The molecule has 3 rings (SSSR count). The van der Waals surface area contributed by atoms with E-state index < -0.39 is 0 Å².